The molecule has 0 spiro atoms. The van der Waals surface area contributed by atoms with Gasteiger partial charge in [-0.1, -0.05) is 206 Å². The van der Waals surface area contributed by atoms with Crippen LogP contribution < -0.4 is 20.9 Å². The Bertz CT molecular complexity index is 1980. The molecule has 0 saturated heterocycles. The van der Waals surface area contributed by atoms with Crippen molar-refractivity contribution in [1.29, 1.82) is 0 Å². The van der Waals surface area contributed by atoms with E-state index >= 15 is 0 Å². The second kappa shape index (κ2) is 32.4. The van der Waals surface area contributed by atoms with Crippen molar-refractivity contribution in [3.8, 4) is 33.8 Å². The zero-order valence-electron chi connectivity index (χ0n) is 46.6. The van der Waals surface area contributed by atoms with E-state index in [1.54, 1.807) is 0 Å². The molecule has 0 unspecified atom stereocenters. The van der Waals surface area contributed by atoms with E-state index in [0.29, 0.717) is 52.9 Å². The standard InChI is InChI=1S/C66H100N2O5/c1-5-9-13-17-21-25-37-65(38-26-22-18-14-10-6-2)61-49-53(67)29-33-57(61)59-35-31-55(51-63(59)65)72-47-45-70-43-41-69-42-44-71-46-48-73-56-32-36-60-58-34-30-54(68)50-62(58)66(64(60)52-56,39-27-23-19-15-11-7-3)40-28-24-20-16-12-8-4/h29-36,49-52H,5-28,37-48,67-68H2,1-4H3. The molecule has 7 heteroatoms. The first-order chi connectivity index (χ1) is 35.9. The maximum Gasteiger partial charge on any atom is 0.119 e. The van der Waals surface area contributed by atoms with Crippen molar-refractivity contribution in [3.63, 3.8) is 0 Å². The summed E-state index contributed by atoms with van der Waals surface area (Å²) in [5, 5.41) is 0. The number of hydrogen-bond acceptors (Lipinski definition) is 7. The minimum atomic E-state index is -0.0294. The molecule has 73 heavy (non-hydrogen) atoms. The van der Waals surface area contributed by atoms with Gasteiger partial charge in [0.25, 0.3) is 0 Å². The minimum Gasteiger partial charge on any atom is -0.491 e. The van der Waals surface area contributed by atoms with Crippen molar-refractivity contribution in [2.24, 2.45) is 0 Å². The van der Waals surface area contributed by atoms with Gasteiger partial charge in [-0.05, 0) is 119 Å². The van der Waals surface area contributed by atoms with Crippen molar-refractivity contribution >= 4 is 11.4 Å². The average Bonchev–Trinajstić information content (AvgIpc) is 3.81. The molecule has 4 N–H and O–H groups in total. The number of fused-ring (bicyclic) bond motifs is 6. The Kier molecular flexibility index (Phi) is 25.9. The lowest BCUT2D eigenvalue weighted by atomic mass is 9.70. The third-order valence-corrected chi connectivity index (χ3v) is 16.3. The van der Waals surface area contributed by atoms with Crippen LogP contribution >= 0.6 is 0 Å². The van der Waals surface area contributed by atoms with Crippen LogP contribution in [0.3, 0.4) is 0 Å². The van der Waals surface area contributed by atoms with Gasteiger partial charge in [0.15, 0.2) is 0 Å². The highest BCUT2D eigenvalue weighted by Crippen LogP contribution is 2.57. The molecule has 0 bridgehead atoms. The van der Waals surface area contributed by atoms with E-state index in [1.807, 2.05) is 0 Å². The van der Waals surface area contributed by atoms with Crippen LogP contribution in [0.5, 0.6) is 11.5 Å². The summed E-state index contributed by atoms with van der Waals surface area (Å²) in [6, 6.07) is 26.8. The molecule has 6 rings (SSSR count). The molecule has 4 aromatic rings. The Morgan fingerprint density at radius 1 is 0.301 bits per heavy atom. The summed E-state index contributed by atoms with van der Waals surface area (Å²) in [6.45, 7) is 13.3. The Balaban J connectivity index is 0.931. The number of nitrogen functional groups attached to an aromatic ring is 2. The lowest BCUT2D eigenvalue weighted by molar-refractivity contribution is 0.00498. The van der Waals surface area contributed by atoms with Crippen LogP contribution in [-0.4, -0.2) is 52.9 Å². The van der Waals surface area contributed by atoms with E-state index in [0.717, 1.165) is 48.6 Å². The van der Waals surface area contributed by atoms with Gasteiger partial charge in [0, 0.05) is 22.2 Å². The first kappa shape index (κ1) is 58.2. The second-order valence-electron chi connectivity index (χ2n) is 21.8. The molecule has 0 fully saturated rings. The Labute approximate surface area is 444 Å². The van der Waals surface area contributed by atoms with Crippen LogP contribution in [0, 0.1) is 0 Å². The number of rotatable bonds is 42. The number of ether oxygens (including phenoxy) is 5. The summed E-state index contributed by atoms with van der Waals surface area (Å²) in [5.74, 6) is 1.84. The zero-order chi connectivity index (χ0) is 51.4. The number of benzene rings is 4. The first-order valence-electron chi connectivity index (χ1n) is 30.0. The Morgan fingerprint density at radius 3 is 0.877 bits per heavy atom. The maximum absolute atomic E-state index is 6.52. The van der Waals surface area contributed by atoms with E-state index in [9.17, 15) is 0 Å². The fourth-order valence-corrected chi connectivity index (χ4v) is 12.3. The van der Waals surface area contributed by atoms with Crippen LogP contribution in [0.4, 0.5) is 11.4 Å². The number of hydrogen-bond donors (Lipinski definition) is 2. The third-order valence-electron chi connectivity index (χ3n) is 16.3. The molecular formula is C66H100N2O5. The molecule has 404 valence electrons. The molecule has 0 atom stereocenters. The predicted molar refractivity (Wildman–Crippen MR) is 310 cm³/mol. The van der Waals surface area contributed by atoms with Crippen LogP contribution in [-0.2, 0) is 25.0 Å². The van der Waals surface area contributed by atoms with Gasteiger partial charge in [0.2, 0.25) is 0 Å². The molecule has 0 aliphatic heterocycles. The van der Waals surface area contributed by atoms with Crippen molar-refractivity contribution in [1.82, 2.24) is 0 Å². The minimum absolute atomic E-state index is 0.0294. The van der Waals surface area contributed by atoms with Crippen molar-refractivity contribution in [2.45, 2.75) is 218 Å². The van der Waals surface area contributed by atoms with Gasteiger partial charge in [-0.2, -0.15) is 0 Å². The zero-order valence-corrected chi connectivity index (χ0v) is 46.6. The third kappa shape index (κ3) is 17.0. The molecule has 4 aromatic carbocycles. The molecule has 0 saturated carbocycles. The van der Waals surface area contributed by atoms with Crippen LogP contribution in [0.15, 0.2) is 72.8 Å². The summed E-state index contributed by atoms with van der Waals surface area (Å²) in [7, 11) is 0. The molecular weight excluding hydrogens is 901 g/mol. The number of unbranched alkanes of at least 4 members (excludes halogenated alkanes) is 20. The normalized spacial score (nSPS) is 13.8. The van der Waals surface area contributed by atoms with Crippen LogP contribution in [0.2, 0.25) is 0 Å². The molecule has 0 heterocycles. The summed E-state index contributed by atoms with van der Waals surface area (Å²) in [4.78, 5) is 0. The molecule has 0 aromatic heterocycles. The monoisotopic (exact) mass is 1000 g/mol. The van der Waals surface area contributed by atoms with E-state index in [4.69, 9.17) is 35.2 Å². The van der Waals surface area contributed by atoms with Gasteiger partial charge in [-0.15, -0.1) is 0 Å². The lowest BCUT2D eigenvalue weighted by Crippen LogP contribution is -2.26. The van der Waals surface area contributed by atoms with E-state index in [1.165, 1.54) is 199 Å². The predicted octanol–water partition coefficient (Wildman–Crippen LogP) is 17.9. The van der Waals surface area contributed by atoms with Crippen molar-refractivity contribution < 1.29 is 23.7 Å². The SMILES string of the molecule is CCCCCCCCC1(CCCCCCCC)c2cc(N)ccc2-c2ccc(OCCOCCOCCOCCOc3ccc4c(c3)C(CCCCCCCC)(CCCCCCCC)c3cc(N)ccc3-4)cc21. The van der Waals surface area contributed by atoms with Gasteiger partial charge < -0.3 is 35.2 Å². The smallest absolute Gasteiger partial charge is 0.119 e. The highest BCUT2D eigenvalue weighted by molar-refractivity contribution is 5.84. The molecule has 2 aliphatic carbocycles. The van der Waals surface area contributed by atoms with Gasteiger partial charge in [-0.3, -0.25) is 0 Å². The highest BCUT2D eigenvalue weighted by atomic mass is 16.6. The summed E-state index contributed by atoms with van der Waals surface area (Å²) in [6.07, 6.45) is 35.8. The molecule has 0 radical (unpaired) electrons. The maximum atomic E-state index is 6.52. The summed E-state index contributed by atoms with van der Waals surface area (Å²) >= 11 is 0. The second-order valence-corrected chi connectivity index (χ2v) is 21.8. The molecule has 7 nitrogen and oxygen atoms in total. The summed E-state index contributed by atoms with van der Waals surface area (Å²) in [5.41, 5.74) is 25.8. The summed E-state index contributed by atoms with van der Waals surface area (Å²) < 4.78 is 30.6. The Morgan fingerprint density at radius 2 is 0.562 bits per heavy atom. The topological polar surface area (TPSA) is 98.2 Å². The Hall–Kier alpha value is -4.04. The first-order valence-corrected chi connectivity index (χ1v) is 30.0. The van der Waals surface area contributed by atoms with Gasteiger partial charge in [0.05, 0.1) is 39.6 Å². The van der Waals surface area contributed by atoms with Gasteiger partial charge >= 0.3 is 0 Å². The van der Waals surface area contributed by atoms with Crippen molar-refractivity contribution in [2.75, 3.05) is 64.3 Å². The van der Waals surface area contributed by atoms with Gasteiger partial charge in [0.1, 0.15) is 24.7 Å². The average molecular weight is 1000 g/mol. The molecule has 2 aliphatic rings. The van der Waals surface area contributed by atoms with Crippen LogP contribution in [0.25, 0.3) is 22.3 Å². The highest BCUT2D eigenvalue weighted by Gasteiger charge is 2.44. The number of nitrogens with two attached hydrogens (primary N) is 2. The lowest BCUT2D eigenvalue weighted by Gasteiger charge is -2.33. The largest absolute Gasteiger partial charge is 0.491 e. The van der Waals surface area contributed by atoms with E-state index < -0.39 is 0 Å². The van der Waals surface area contributed by atoms with Gasteiger partial charge in [-0.25, -0.2) is 0 Å². The number of anilines is 2. The van der Waals surface area contributed by atoms with Crippen LogP contribution in [0.1, 0.15) is 230 Å². The van der Waals surface area contributed by atoms with Crippen molar-refractivity contribution in [3.05, 3.63) is 95.1 Å². The quantitative estimate of drug-likeness (QED) is 0.0337. The van der Waals surface area contributed by atoms with E-state index in [-0.39, 0.29) is 10.8 Å². The fraction of sp³-hybridized carbons (Fsp3) is 0.636. The fourth-order valence-electron chi connectivity index (χ4n) is 12.3. The van der Waals surface area contributed by atoms with E-state index in [2.05, 4.69) is 100 Å². The molecule has 0 amide bonds.